The minimum Gasteiger partial charge on any atom is -0.481 e. The molecule has 0 aliphatic rings. The molecule has 0 saturated carbocycles. The summed E-state index contributed by atoms with van der Waals surface area (Å²) in [5.41, 5.74) is 0. The smallest absolute Gasteiger partial charge is 0.313 e. The van der Waals surface area contributed by atoms with Crippen LogP contribution < -0.4 is 0 Å². The number of aliphatic carboxylic acids is 2. The summed E-state index contributed by atoms with van der Waals surface area (Å²) >= 11 is 10.0. The zero-order chi connectivity index (χ0) is 22.2. The fourth-order valence-electron chi connectivity index (χ4n) is 1.77. The normalized spacial score (nSPS) is 9.40. The molecule has 0 aliphatic heterocycles. The lowest BCUT2D eigenvalue weighted by Crippen LogP contribution is -1.96. The van der Waals surface area contributed by atoms with Gasteiger partial charge >= 0.3 is 11.9 Å². The molecular formula is C22H21BrO4S3. The maximum atomic E-state index is 10.2. The summed E-state index contributed by atoms with van der Waals surface area (Å²) in [4.78, 5) is 23.3. The Morgan fingerprint density at radius 1 is 0.700 bits per heavy atom. The van der Waals surface area contributed by atoms with Gasteiger partial charge < -0.3 is 10.2 Å². The molecule has 4 nitrogen and oxygen atoms in total. The molecule has 0 bridgehead atoms. The molecule has 3 aromatic rings. The SMILES string of the molecule is O=C(O)CSc1ccc(Br)cc1.O=C(O)CSc1ccccc1.Sc1ccccc1. The molecule has 158 valence electrons. The van der Waals surface area contributed by atoms with Gasteiger partial charge in [-0.3, -0.25) is 9.59 Å². The van der Waals surface area contributed by atoms with E-state index >= 15 is 0 Å². The van der Waals surface area contributed by atoms with Gasteiger partial charge in [0.25, 0.3) is 0 Å². The van der Waals surface area contributed by atoms with Gasteiger partial charge in [-0.15, -0.1) is 36.2 Å². The van der Waals surface area contributed by atoms with Crippen LogP contribution in [0.25, 0.3) is 0 Å². The Hall–Kier alpha value is -1.87. The van der Waals surface area contributed by atoms with E-state index in [2.05, 4.69) is 28.6 Å². The first-order valence-corrected chi connectivity index (χ1v) is 11.8. The largest absolute Gasteiger partial charge is 0.481 e. The van der Waals surface area contributed by atoms with Crippen molar-refractivity contribution >= 4 is 64.0 Å². The topological polar surface area (TPSA) is 74.6 Å². The number of thiol groups is 1. The van der Waals surface area contributed by atoms with Crippen LogP contribution in [0.5, 0.6) is 0 Å². The van der Waals surface area contributed by atoms with Crippen LogP contribution in [0.15, 0.2) is 104 Å². The van der Waals surface area contributed by atoms with Gasteiger partial charge in [0.2, 0.25) is 0 Å². The third-order valence-corrected chi connectivity index (χ3v) is 5.86. The first kappa shape index (κ1) is 26.2. The number of benzene rings is 3. The van der Waals surface area contributed by atoms with Crippen LogP contribution in [0.4, 0.5) is 0 Å². The van der Waals surface area contributed by atoms with Crippen molar-refractivity contribution in [3.63, 3.8) is 0 Å². The van der Waals surface area contributed by atoms with E-state index in [1.807, 2.05) is 84.9 Å². The molecule has 2 N–H and O–H groups in total. The number of hydrogen-bond donors (Lipinski definition) is 3. The fraction of sp³-hybridized carbons (Fsp3) is 0.0909. The van der Waals surface area contributed by atoms with Crippen LogP contribution in [0.1, 0.15) is 0 Å². The van der Waals surface area contributed by atoms with Gasteiger partial charge in [0.05, 0.1) is 11.5 Å². The molecule has 0 radical (unpaired) electrons. The van der Waals surface area contributed by atoms with Gasteiger partial charge in [-0.2, -0.15) is 0 Å². The number of hydrogen-bond acceptors (Lipinski definition) is 5. The minimum absolute atomic E-state index is 0.113. The number of carboxylic acids is 2. The van der Waals surface area contributed by atoms with Crippen LogP contribution >= 0.6 is 52.1 Å². The lowest BCUT2D eigenvalue weighted by Gasteiger charge is -1.97. The van der Waals surface area contributed by atoms with Crippen LogP contribution in [0.2, 0.25) is 0 Å². The Balaban J connectivity index is 0.000000232. The summed E-state index contributed by atoms with van der Waals surface area (Å²) in [6.45, 7) is 0. The molecule has 3 rings (SSSR count). The van der Waals surface area contributed by atoms with Crippen molar-refractivity contribution in [2.24, 2.45) is 0 Å². The van der Waals surface area contributed by atoms with E-state index in [0.29, 0.717) is 0 Å². The standard InChI is InChI=1S/C8H7BrO2S.C8H8O2S.C6H6S/c9-6-1-3-7(4-2-6)12-5-8(10)11;9-8(10)6-11-7-4-2-1-3-5-7;7-6-4-2-1-3-5-6/h1-4H,5H2,(H,10,11);1-5H,6H2,(H,9,10);1-5,7H. The van der Waals surface area contributed by atoms with Gasteiger partial charge in [0.15, 0.2) is 0 Å². The second kappa shape index (κ2) is 15.9. The predicted molar refractivity (Wildman–Crippen MR) is 131 cm³/mol. The predicted octanol–water partition coefficient (Wildman–Crippen LogP) is 6.46. The highest BCUT2D eigenvalue weighted by Crippen LogP contribution is 2.20. The van der Waals surface area contributed by atoms with E-state index in [1.165, 1.54) is 23.5 Å². The Labute approximate surface area is 198 Å². The zero-order valence-electron chi connectivity index (χ0n) is 15.8. The highest BCUT2D eigenvalue weighted by atomic mass is 79.9. The quantitative estimate of drug-likeness (QED) is 0.253. The van der Waals surface area contributed by atoms with Crippen molar-refractivity contribution < 1.29 is 19.8 Å². The second-order valence-electron chi connectivity index (χ2n) is 5.47. The summed E-state index contributed by atoms with van der Waals surface area (Å²) in [5.74, 6) is -1.33. The van der Waals surface area contributed by atoms with Crippen molar-refractivity contribution in [3.05, 3.63) is 89.4 Å². The molecule has 0 heterocycles. The van der Waals surface area contributed by atoms with E-state index in [-0.39, 0.29) is 11.5 Å². The van der Waals surface area contributed by atoms with E-state index in [1.54, 1.807) is 0 Å². The molecular weight excluding hydrogens is 504 g/mol. The number of carbonyl (C=O) groups is 2. The van der Waals surface area contributed by atoms with Crippen molar-refractivity contribution in [1.82, 2.24) is 0 Å². The van der Waals surface area contributed by atoms with Gasteiger partial charge in [0.1, 0.15) is 0 Å². The molecule has 3 aromatic carbocycles. The van der Waals surface area contributed by atoms with Gasteiger partial charge in [-0.05, 0) is 48.5 Å². The van der Waals surface area contributed by atoms with Crippen LogP contribution in [0.3, 0.4) is 0 Å². The van der Waals surface area contributed by atoms with Gasteiger partial charge in [0, 0.05) is 19.2 Å². The number of halogens is 1. The fourth-order valence-corrected chi connectivity index (χ4v) is 3.46. The minimum atomic E-state index is -0.789. The Kier molecular flexibility index (Phi) is 13.9. The Bertz CT molecular complexity index is 876. The summed E-state index contributed by atoms with van der Waals surface area (Å²) in [5, 5.41) is 16.8. The average Bonchev–Trinajstić information content (AvgIpc) is 2.74. The summed E-state index contributed by atoms with van der Waals surface area (Å²) in [6, 6.07) is 26.8. The van der Waals surface area contributed by atoms with E-state index in [0.717, 1.165) is 19.2 Å². The molecule has 0 amide bonds. The maximum absolute atomic E-state index is 10.2. The van der Waals surface area contributed by atoms with Crippen molar-refractivity contribution in [2.75, 3.05) is 11.5 Å². The molecule has 0 aromatic heterocycles. The van der Waals surface area contributed by atoms with Crippen molar-refractivity contribution in [3.8, 4) is 0 Å². The molecule has 0 unspecified atom stereocenters. The number of thioether (sulfide) groups is 2. The summed E-state index contributed by atoms with van der Waals surface area (Å²) < 4.78 is 1.00. The van der Waals surface area contributed by atoms with E-state index < -0.39 is 11.9 Å². The van der Waals surface area contributed by atoms with Crippen molar-refractivity contribution in [1.29, 1.82) is 0 Å². The average molecular weight is 526 g/mol. The van der Waals surface area contributed by atoms with E-state index in [4.69, 9.17) is 10.2 Å². The summed E-state index contributed by atoms with van der Waals surface area (Å²) in [7, 11) is 0. The van der Waals surface area contributed by atoms with E-state index in [9.17, 15) is 9.59 Å². The van der Waals surface area contributed by atoms with Gasteiger partial charge in [-0.1, -0.05) is 52.3 Å². The third-order valence-electron chi connectivity index (χ3n) is 3.04. The van der Waals surface area contributed by atoms with Crippen LogP contribution in [0, 0.1) is 0 Å². The molecule has 0 aliphatic carbocycles. The molecule has 0 atom stereocenters. The molecule has 0 spiro atoms. The third kappa shape index (κ3) is 14.2. The second-order valence-corrected chi connectivity index (χ2v) is 9.00. The maximum Gasteiger partial charge on any atom is 0.313 e. The Morgan fingerprint density at radius 3 is 1.47 bits per heavy atom. The number of rotatable bonds is 6. The molecule has 0 saturated heterocycles. The first-order valence-electron chi connectivity index (χ1n) is 8.60. The lowest BCUT2D eigenvalue weighted by molar-refractivity contribution is -0.134. The van der Waals surface area contributed by atoms with Crippen LogP contribution in [-0.4, -0.2) is 33.7 Å². The van der Waals surface area contributed by atoms with Gasteiger partial charge in [-0.25, -0.2) is 0 Å². The molecule has 8 heteroatoms. The highest BCUT2D eigenvalue weighted by Gasteiger charge is 1.98. The van der Waals surface area contributed by atoms with Crippen molar-refractivity contribution in [2.45, 2.75) is 14.7 Å². The highest BCUT2D eigenvalue weighted by molar-refractivity contribution is 9.10. The Morgan fingerprint density at radius 2 is 1.10 bits per heavy atom. The zero-order valence-corrected chi connectivity index (χ0v) is 20.0. The first-order chi connectivity index (χ1) is 14.4. The van der Waals surface area contributed by atoms with Crippen LogP contribution in [-0.2, 0) is 9.59 Å². The number of carboxylic acid groups (broad SMARTS) is 2. The lowest BCUT2D eigenvalue weighted by atomic mass is 10.4. The summed E-state index contributed by atoms with van der Waals surface area (Å²) in [6.07, 6.45) is 0. The molecule has 30 heavy (non-hydrogen) atoms. The monoisotopic (exact) mass is 524 g/mol. The molecule has 0 fully saturated rings.